The molecule has 6 nitrogen and oxygen atoms in total. The van der Waals surface area contributed by atoms with E-state index in [4.69, 9.17) is 0 Å². The van der Waals surface area contributed by atoms with E-state index in [0.717, 1.165) is 11.1 Å². The molecule has 1 aliphatic heterocycles. The SMILES string of the molecule is Cc1cc(O)cc(C(=O)Nc2cccc(C3NNN3)c2)c1. The molecule has 1 fully saturated rings. The van der Waals surface area contributed by atoms with E-state index < -0.39 is 0 Å². The van der Waals surface area contributed by atoms with Crippen LogP contribution in [0.15, 0.2) is 42.5 Å². The summed E-state index contributed by atoms with van der Waals surface area (Å²) in [6.07, 6.45) is 0.0323. The number of hydrogen-bond acceptors (Lipinski definition) is 5. The average Bonchev–Trinajstić information content (AvgIpc) is 2.36. The summed E-state index contributed by atoms with van der Waals surface area (Å²) in [6, 6.07) is 12.3. The number of carbonyl (C=O) groups excluding carboxylic acids is 1. The molecule has 108 valence electrons. The number of nitrogens with one attached hydrogen (secondary N) is 4. The van der Waals surface area contributed by atoms with E-state index in [-0.39, 0.29) is 17.8 Å². The number of anilines is 1. The largest absolute Gasteiger partial charge is 0.508 e. The van der Waals surface area contributed by atoms with Crippen LogP contribution >= 0.6 is 0 Å². The number of phenolic OH excluding ortho intramolecular Hbond substituents is 1. The molecule has 1 amide bonds. The van der Waals surface area contributed by atoms with Crippen molar-refractivity contribution in [2.24, 2.45) is 0 Å². The van der Waals surface area contributed by atoms with E-state index in [1.165, 1.54) is 6.07 Å². The van der Waals surface area contributed by atoms with Crippen LogP contribution in [0.3, 0.4) is 0 Å². The molecule has 1 heterocycles. The fourth-order valence-electron chi connectivity index (χ4n) is 2.20. The van der Waals surface area contributed by atoms with Gasteiger partial charge in [0.05, 0.1) is 0 Å². The summed E-state index contributed by atoms with van der Waals surface area (Å²) in [4.78, 5) is 12.2. The highest BCUT2D eigenvalue weighted by molar-refractivity contribution is 6.04. The highest BCUT2D eigenvalue weighted by Crippen LogP contribution is 2.19. The summed E-state index contributed by atoms with van der Waals surface area (Å²) >= 11 is 0. The van der Waals surface area contributed by atoms with Gasteiger partial charge >= 0.3 is 0 Å². The number of carbonyl (C=O) groups is 1. The number of aryl methyl sites for hydroxylation is 1. The van der Waals surface area contributed by atoms with Crippen molar-refractivity contribution in [1.29, 1.82) is 0 Å². The number of rotatable bonds is 3. The summed E-state index contributed by atoms with van der Waals surface area (Å²) in [5.41, 5.74) is 11.7. The van der Waals surface area contributed by atoms with Crippen LogP contribution in [-0.2, 0) is 0 Å². The first-order chi connectivity index (χ1) is 10.1. The van der Waals surface area contributed by atoms with Crippen LogP contribution in [0.5, 0.6) is 5.75 Å². The Balaban J connectivity index is 1.77. The Labute approximate surface area is 122 Å². The maximum atomic E-state index is 12.2. The second-order valence-corrected chi connectivity index (χ2v) is 4.98. The van der Waals surface area contributed by atoms with Gasteiger partial charge < -0.3 is 10.4 Å². The lowest BCUT2D eigenvalue weighted by Crippen LogP contribution is -2.62. The second kappa shape index (κ2) is 5.53. The Morgan fingerprint density at radius 2 is 2.00 bits per heavy atom. The third-order valence-electron chi connectivity index (χ3n) is 3.24. The van der Waals surface area contributed by atoms with Crippen molar-refractivity contribution < 1.29 is 9.90 Å². The predicted octanol–water partition coefficient (Wildman–Crippen LogP) is 1.56. The molecule has 0 radical (unpaired) electrons. The number of hydrazine groups is 2. The standard InChI is InChI=1S/C15H16N4O2/c1-9-5-11(8-13(20)6-9)15(21)16-12-4-2-3-10(7-12)14-17-19-18-14/h2-8,14,17-20H,1H3,(H,16,21). The first kappa shape index (κ1) is 13.6. The predicted molar refractivity (Wildman–Crippen MR) is 79.4 cm³/mol. The van der Waals surface area contributed by atoms with Crippen molar-refractivity contribution in [3.05, 3.63) is 59.2 Å². The quantitative estimate of drug-likeness (QED) is 0.590. The van der Waals surface area contributed by atoms with Gasteiger partial charge in [-0.1, -0.05) is 12.1 Å². The normalized spacial score (nSPS) is 14.5. The Bertz CT molecular complexity index is 663. The minimum atomic E-state index is -0.251. The number of hydrogen-bond donors (Lipinski definition) is 5. The maximum absolute atomic E-state index is 12.2. The summed E-state index contributed by atoms with van der Waals surface area (Å²) in [5, 5.41) is 12.4. The zero-order valence-corrected chi connectivity index (χ0v) is 11.5. The monoisotopic (exact) mass is 284 g/mol. The lowest BCUT2D eigenvalue weighted by molar-refractivity contribution is 0.102. The van der Waals surface area contributed by atoms with Gasteiger partial charge in [-0.2, -0.15) is 5.53 Å². The molecule has 2 aromatic rings. The molecule has 0 aromatic heterocycles. The Morgan fingerprint density at radius 3 is 2.67 bits per heavy atom. The highest BCUT2D eigenvalue weighted by atomic mass is 16.3. The van der Waals surface area contributed by atoms with Crippen molar-refractivity contribution in [3.63, 3.8) is 0 Å². The molecule has 0 aliphatic carbocycles. The zero-order chi connectivity index (χ0) is 14.8. The molecule has 3 rings (SSSR count). The summed E-state index contributed by atoms with van der Waals surface area (Å²) in [5.74, 6) is -0.165. The molecule has 2 aromatic carbocycles. The van der Waals surface area contributed by atoms with Gasteiger partial charge in [-0.05, 0) is 48.4 Å². The third-order valence-corrected chi connectivity index (χ3v) is 3.24. The summed E-state index contributed by atoms with van der Waals surface area (Å²) in [7, 11) is 0. The number of benzene rings is 2. The van der Waals surface area contributed by atoms with Crippen molar-refractivity contribution in [2.75, 3.05) is 5.32 Å². The van der Waals surface area contributed by atoms with Crippen LogP contribution in [-0.4, -0.2) is 11.0 Å². The van der Waals surface area contributed by atoms with E-state index in [9.17, 15) is 9.90 Å². The highest BCUT2D eigenvalue weighted by Gasteiger charge is 2.17. The van der Waals surface area contributed by atoms with Crippen molar-refractivity contribution in [2.45, 2.75) is 13.1 Å². The van der Waals surface area contributed by atoms with Crippen LogP contribution in [0, 0.1) is 6.92 Å². The van der Waals surface area contributed by atoms with Crippen LogP contribution in [0.25, 0.3) is 0 Å². The number of phenols is 1. The fourth-order valence-corrected chi connectivity index (χ4v) is 2.20. The Hall–Kier alpha value is -2.41. The Morgan fingerprint density at radius 1 is 1.19 bits per heavy atom. The van der Waals surface area contributed by atoms with E-state index in [2.05, 4.69) is 21.7 Å². The minimum absolute atomic E-state index is 0.0323. The van der Waals surface area contributed by atoms with E-state index >= 15 is 0 Å². The Kier molecular flexibility index (Phi) is 3.57. The smallest absolute Gasteiger partial charge is 0.255 e. The van der Waals surface area contributed by atoms with Gasteiger partial charge in [-0.3, -0.25) is 4.79 Å². The van der Waals surface area contributed by atoms with Crippen molar-refractivity contribution >= 4 is 11.6 Å². The van der Waals surface area contributed by atoms with Crippen LogP contribution in [0.2, 0.25) is 0 Å². The summed E-state index contributed by atoms with van der Waals surface area (Å²) < 4.78 is 0. The second-order valence-electron chi connectivity index (χ2n) is 4.98. The number of amides is 1. The molecule has 0 saturated carbocycles. The van der Waals surface area contributed by atoms with Crippen molar-refractivity contribution in [1.82, 2.24) is 16.4 Å². The molecule has 0 atom stereocenters. The molecule has 0 spiro atoms. The lowest BCUT2D eigenvalue weighted by atomic mass is 10.1. The van der Waals surface area contributed by atoms with Crippen LogP contribution in [0.4, 0.5) is 5.69 Å². The van der Waals surface area contributed by atoms with E-state index in [0.29, 0.717) is 11.3 Å². The van der Waals surface area contributed by atoms with Crippen LogP contribution in [0.1, 0.15) is 27.7 Å². The number of aromatic hydroxyl groups is 1. The van der Waals surface area contributed by atoms with Gasteiger partial charge in [0, 0.05) is 11.3 Å². The van der Waals surface area contributed by atoms with E-state index in [1.54, 1.807) is 12.1 Å². The van der Waals surface area contributed by atoms with Gasteiger partial charge in [-0.15, -0.1) is 0 Å². The average molecular weight is 284 g/mol. The van der Waals surface area contributed by atoms with Gasteiger partial charge in [0.1, 0.15) is 11.9 Å². The van der Waals surface area contributed by atoms with Crippen LogP contribution < -0.4 is 21.7 Å². The van der Waals surface area contributed by atoms with Gasteiger partial charge in [0.15, 0.2) is 0 Å². The molecule has 1 aliphatic rings. The van der Waals surface area contributed by atoms with Gasteiger partial charge in [0.25, 0.3) is 5.91 Å². The first-order valence-electron chi connectivity index (χ1n) is 6.60. The lowest BCUT2D eigenvalue weighted by Gasteiger charge is -2.30. The first-order valence-corrected chi connectivity index (χ1v) is 6.60. The molecule has 6 heteroatoms. The molecule has 0 bridgehead atoms. The van der Waals surface area contributed by atoms with Gasteiger partial charge in [-0.25, -0.2) is 10.9 Å². The molecule has 21 heavy (non-hydrogen) atoms. The molecule has 1 saturated heterocycles. The summed E-state index contributed by atoms with van der Waals surface area (Å²) in [6.45, 7) is 1.83. The fraction of sp³-hybridized carbons (Fsp3) is 0.133. The van der Waals surface area contributed by atoms with Crippen molar-refractivity contribution in [3.8, 4) is 5.75 Å². The molecule has 5 N–H and O–H groups in total. The third kappa shape index (κ3) is 3.03. The molecule has 0 unspecified atom stereocenters. The maximum Gasteiger partial charge on any atom is 0.255 e. The molecular weight excluding hydrogens is 268 g/mol. The topological polar surface area (TPSA) is 85.4 Å². The molecular formula is C15H16N4O2. The zero-order valence-electron chi connectivity index (χ0n) is 11.5. The van der Waals surface area contributed by atoms with E-state index in [1.807, 2.05) is 31.2 Å². The van der Waals surface area contributed by atoms with Gasteiger partial charge in [0.2, 0.25) is 0 Å². The minimum Gasteiger partial charge on any atom is -0.508 e.